The topological polar surface area (TPSA) is 189 Å². The lowest BCUT2D eigenvalue weighted by atomic mass is 9.98. The van der Waals surface area contributed by atoms with Gasteiger partial charge in [-0.1, -0.05) is 193 Å². The minimum absolute atomic E-state index is 0.262. The van der Waals surface area contributed by atoms with Gasteiger partial charge in [-0.3, -0.25) is 4.79 Å². The maximum Gasteiger partial charge on any atom is 0.249 e. The molecule has 0 aromatic rings. The average Bonchev–Trinajstić information content (AvgIpc) is 3.23. The maximum atomic E-state index is 13.1. The van der Waals surface area contributed by atoms with Crippen LogP contribution in [0.25, 0.3) is 0 Å². The lowest BCUT2D eigenvalue weighted by Crippen LogP contribution is -2.60. The molecule has 0 saturated carbocycles. The predicted octanol–water partition coefficient (Wildman–Crippen LogP) is 8.45. The lowest BCUT2D eigenvalue weighted by molar-refractivity contribution is -0.303. The molecule has 0 spiro atoms. The highest BCUT2D eigenvalue weighted by atomic mass is 16.7. The average molecular weight is 844 g/mol. The number of hydrogen-bond acceptors (Lipinski definition) is 10. The van der Waals surface area contributed by atoms with Gasteiger partial charge >= 0.3 is 0 Å². The van der Waals surface area contributed by atoms with Gasteiger partial charge in [-0.05, 0) is 38.5 Å². The zero-order valence-corrected chi connectivity index (χ0v) is 37.7. The Labute approximate surface area is 360 Å². The summed E-state index contributed by atoms with van der Waals surface area (Å²) in [4.78, 5) is 13.1. The van der Waals surface area contributed by atoms with Crippen molar-refractivity contribution in [2.45, 2.75) is 274 Å². The zero-order chi connectivity index (χ0) is 43.4. The minimum Gasteiger partial charge on any atom is -0.394 e. The maximum absolute atomic E-state index is 13.1. The van der Waals surface area contributed by atoms with Crippen LogP contribution >= 0.6 is 0 Å². The van der Waals surface area contributed by atoms with Crippen LogP contribution in [-0.4, -0.2) is 110 Å². The molecule has 350 valence electrons. The Morgan fingerprint density at radius 1 is 0.576 bits per heavy atom. The van der Waals surface area contributed by atoms with Crippen molar-refractivity contribution in [3.63, 3.8) is 0 Å². The van der Waals surface area contributed by atoms with Crippen LogP contribution in [0, 0.1) is 0 Å². The van der Waals surface area contributed by atoms with Crippen molar-refractivity contribution in [2.24, 2.45) is 0 Å². The monoisotopic (exact) mass is 844 g/mol. The fraction of sp³-hybridized carbons (Fsp3) is 0.938. The van der Waals surface area contributed by atoms with Crippen molar-refractivity contribution < 1.29 is 50.0 Å². The Morgan fingerprint density at radius 2 is 0.983 bits per heavy atom. The molecular formula is C48H93NO10. The van der Waals surface area contributed by atoms with E-state index in [0.29, 0.717) is 19.3 Å². The van der Waals surface area contributed by atoms with Crippen molar-refractivity contribution in [3.05, 3.63) is 12.2 Å². The Hall–Kier alpha value is -1.15. The molecule has 0 radical (unpaired) electrons. The van der Waals surface area contributed by atoms with Gasteiger partial charge in [-0.25, -0.2) is 0 Å². The largest absolute Gasteiger partial charge is 0.394 e. The van der Waals surface area contributed by atoms with Crippen LogP contribution in [0.1, 0.15) is 219 Å². The number of amides is 1. The molecule has 0 aliphatic carbocycles. The van der Waals surface area contributed by atoms with Gasteiger partial charge in [-0.15, -0.1) is 0 Å². The number of hydrogen-bond donors (Lipinski definition) is 8. The first-order valence-corrected chi connectivity index (χ1v) is 24.6. The number of carbonyl (C=O) groups excluding carboxylic acids is 1. The van der Waals surface area contributed by atoms with Crippen molar-refractivity contribution in [2.75, 3.05) is 13.2 Å². The third kappa shape index (κ3) is 28.2. The highest BCUT2D eigenvalue weighted by Gasteiger charge is 2.44. The fourth-order valence-electron chi connectivity index (χ4n) is 7.96. The highest BCUT2D eigenvalue weighted by Crippen LogP contribution is 2.23. The summed E-state index contributed by atoms with van der Waals surface area (Å²) < 4.78 is 11.1. The van der Waals surface area contributed by atoms with E-state index < -0.39 is 74.2 Å². The quantitative estimate of drug-likeness (QED) is 0.0219. The second kappa shape index (κ2) is 38.5. The van der Waals surface area contributed by atoms with E-state index in [1.165, 1.54) is 141 Å². The van der Waals surface area contributed by atoms with Crippen LogP contribution < -0.4 is 5.32 Å². The summed E-state index contributed by atoms with van der Waals surface area (Å²) in [5.74, 6) is -0.696. The molecule has 0 aromatic carbocycles. The third-order valence-corrected chi connectivity index (χ3v) is 12.1. The minimum atomic E-state index is -1.66. The summed E-state index contributed by atoms with van der Waals surface area (Å²) >= 11 is 0. The molecule has 1 saturated heterocycles. The SMILES string of the molecule is CCCCCCC=CCCCCCCCCCCCCCCC(O)C(=O)NC(COC1OC(CO)C(O)C(O)C1O)C(O)C(O)CCCCCCCCCCCCCC. The second-order valence-corrected chi connectivity index (χ2v) is 17.5. The second-order valence-electron chi connectivity index (χ2n) is 17.5. The smallest absolute Gasteiger partial charge is 0.249 e. The molecule has 1 aliphatic rings. The molecule has 9 unspecified atom stereocenters. The van der Waals surface area contributed by atoms with E-state index in [2.05, 4.69) is 31.3 Å². The molecular weight excluding hydrogens is 751 g/mol. The van der Waals surface area contributed by atoms with Crippen molar-refractivity contribution >= 4 is 5.91 Å². The van der Waals surface area contributed by atoms with E-state index in [4.69, 9.17) is 9.47 Å². The summed E-state index contributed by atoms with van der Waals surface area (Å²) in [6.45, 7) is 3.43. The zero-order valence-electron chi connectivity index (χ0n) is 37.7. The van der Waals surface area contributed by atoms with Gasteiger partial charge in [-0.2, -0.15) is 0 Å². The fourth-order valence-corrected chi connectivity index (χ4v) is 7.96. The first kappa shape index (κ1) is 55.9. The van der Waals surface area contributed by atoms with Crippen molar-refractivity contribution in [3.8, 4) is 0 Å². The molecule has 1 aliphatic heterocycles. The molecule has 1 fully saturated rings. The number of aliphatic hydroxyl groups excluding tert-OH is 7. The molecule has 8 N–H and O–H groups in total. The van der Waals surface area contributed by atoms with Gasteiger partial charge < -0.3 is 50.5 Å². The highest BCUT2D eigenvalue weighted by molar-refractivity contribution is 5.80. The van der Waals surface area contributed by atoms with Gasteiger partial charge in [0.2, 0.25) is 5.91 Å². The van der Waals surface area contributed by atoms with Gasteiger partial charge in [0.15, 0.2) is 6.29 Å². The van der Waals surface area contributed by atoms with Crippen LogP contribution in [0.5, 0.6) is 0 Å². The summed E-state index contributed by atoms with van der Waals surface area (Å²) in [5.41, 5.74) is 0. The Balaban J connectivity index is 2.38. The van der Waals surface area contributed by atoms with E-state index in [1.807, 2.05) is 0 Å². The summed E-state index contributed by atoms with van der Waals surface area (Å²) in [7, 11) is 0. The van der Waals surface area contributed by atoms with E-state index >= 15 is 0 Å². The molecule has 11 heteroatoms. The van der Waals surface area contributed by atoms with Crippen LogP contribution in [0.15, 0.2) is 12.2 Å². The van der Waals surface area contributed by atoms with E-state index in [9.17, 15) is 40.5 Å². The van der Waals surface area contributed by atoms with Crippen molar-refractivity contribution in [1.82, 2.24) is 5.32 Å². The standard InChI is InChI=1S/C48H93NO10/c1-3-5-7-9-11-13-15-17-18-19-20-21-22-23-24-26-28-30-32-34-36-41(52)47(57)49-39(38-58-48-46(56)45(55)44(54)42(37-50)59-48)43(53)40(51)35-33-31-29-27-25-16-14-12-10-8-6-4-2/h13,15,39-46,48,50-56H,3-12,14,16-38H2,1-2H3,(H,49,57). The Bertz CT molecular complexity index is 970. The predicted molar refractivity (Wildman–Crippen MR) is 238 cm³/mol. The van der Waals surface area contributed by atoms with E-state index in [1.54, 1.807) is 0 Å². The molecule has 9 atom stereocenters. The van der Waals surface area contributed by atoms with Crippen LogP contribution in [0.4, 0.5) is 0 Å². The van der Waals surface area contributed by atoms with Crippen molar-refractivity contribution in [1.29, 1.82) is 0 Å². The van der Waals surface area contributed by atoms with E-state index in [0.717, 1.165) is 38.5 Å². The molecule has 1 rings (SSSR count). The summed E-state index contributed by atoms with van der Waals surface area (Å²) in [5, 5.41) is 75.7. The Kier molecular flexibility index (Phi) is 36.5. The molecule has 1 heterocycles. The number of carbonyl (C=O) groups is 1. The number of ether oxygens (including phenoxy) is 2. The Morgan fingerprint density at radius 3 is 1.44 bits per heavy atom. The molecule has 1 amide bonds. The number of rotatable bonds is 41. The molecule has 59 heavy (non-hydrogen) atoms. The number of aliphatic hydroxyl groups is 7. The van der Waals surface area contributed by atoms with Gasteiger partial charge in [0.1, 0.15) is 36.6 Å². The third-order valence-electron chi connectivity index (χ3n) is 12.1. The normalized spacial score (nSPS) is 21.8. The van der Waals surface area contributed by atoms with Gasteiger partial charge in [0, 0.05) is 0 Å². The first-order chi connectivity index (χ1) is 28.7. The van der Waals surface area contributed by atoms with E-state index in [-0.39, 0.29) is 6.42 Å². The molecule has 0 aromatic heterocycles. The number of nitrogens with one attached hydrogen (secondary N) is 1. The first-order valence-electron chi connectivity index (χ1n) is 24.6. The number of allylic oxidation sites excluding steroid dienone is 2. The number of unbranched alkanes of at least 4 members (excludes halogenated alkanes) is 27. The summed E-state index contributed by atoms with van der Waals surface area (Å²) in [6, 6.07) is -1.16. The molecule has 0 bridgehead atoms. The van der Waals surface area contributed by atoms with Crippen LogP contribution in [0.3, 0.4) is 0 Å². The summed E-state index contributed by atoms with van der Waals surface area (Å²) in [6.07, 6.45) is 29.7. The van der Waals surface area contributed by atoms with Crippen LogP contribution in [0.2, 0.25) is 0 Å². The van der Waals surface area contributed by atoms with Gasteiger partial charge in [0.25, 0.3) is 0 Å². The van der Waals surface area contributed by atoms with Gasteiger partial charge in [0.05, 0.1) is 25.4 Å². The van der Waals surface area contributed by atoms with Crippen LogP contribution in [-0.2, 0) is 14.3 Å². The molecule has 11 nitrogen and oxygen atoms in total. The lowest BCUT2D eigenvalue weighted by Gasteiger charge is -2.40.